The summed E-state index contributed by atoms with van der Waals surface area (Å²) in [6.45, 7) is 6.19. The van der Waals surface area contributed by atoms with Crippen LogP contribution in [-0.4, -0.2) is 43.7 Å². The molecule has 3 N–H and O–H groups in total. The monoisotopic (exact) mass is 298 g/mol. The van der Waals surface area contributed by atoms with Crippen LogP contribution in [0.2, 0.25) is 0 Å². The van der Waals surface area contributed by atoms with Crippen molar-refractivity contribution in [2.45, 2.75) is 32.7 Å². The summed E-state index contributed by atoms with van der Waals surface area (Å²) < 4.78 is 5.40. The third kappa shape index (κ3) is 12.5. The molecule has 0 fully saturated rings. The zero-order valence-electron chi connectivity index (χ0n) is 11.6. The maximum absolute atomic E-state index is 11.5. The number of ether oxygens (including phenoxy) is 1. The molecule has 1 atom stereocenters. The SMILES string of the molecule is CSCC[C@H](N)C(=O)NCCOCCC(C)C.Cl. The molecule has 0 rings (SSSR count). The van der Waals surface area contributed by atoms with Gasteiger partial charge in [0.25, 0.3) is 0 Å². The Labute approximate surface area is 121 Å². The molecule has 4 nitrogen and oxygen atoms in total. The molecular weight excluding hydrogens is 272 g/mol. The number of nitrogens with two attached hydrogens (primary N) is 1. The molecule has 0 aromatic heterocycles. The van der Waals surface area contributed by atoms with Crippen LogP contribution in [0.25, 0.3) is 0 Å². The second kappa shape index (κ2) is 13.5. The van der Waals surface area contributed by atoms with Crippen molar-refractivity contribution in [1.29, 1.82) is 0 Å². The van der Waals surface area contributed by atoms with E-state index in [1.54, 1.807) is 11.8 Å². The molecule has 0 aliphatic heterocycles. The first-order valence-corrected chi connectivity index (χ1v) is 7.57. The molecule has 0 aliphatic rings. The van der Waals surface area contributed by atoms with Gasteiger partial charge in [0, 0.05) is 13.2 Å². The second-order valence-electron chi connectivity index (χ2n) is 4.47. The number of hydrogen-bond donors (Lipinski definition) is 2. The average molecular weight is 299 g/mol. The van der Waals surface area contributed by atoms with E-state index < -0.39 is 6.04 Å². The van der Waals surface area contributed by atoms with Gasteiger partial charge in [0.05, 0.1) is 12.6 Å². The number of halogens is 1. The van der Waals surface area contributed by atoms with Gasteiger partial charge in [-0.25, -0.2) is 0 Å². The van der Waals surface area contributed by atoms with E-state index in [1.165, 1.54) is 0 Å². The summed E-state index contributed by atoms with van der Waals surface area (Å²) in [7, 11) is 0. The van der Waals surface area contributed by atoms with E-state index in [0.717, 1.165) is 25.2 Å². The third-order valence-electron chi connectivity index (χ3n) is 2.35. The van der Waals surface area contributed by atoms with Gasteiger partial charge in [-0.15, -0.1) is 12.4 Å². The van der Waals surface area contributed by atoms with E-state index >= 15 is 0 Å². The minimum Gasteiger partial charge on any atom is -0.380 e. The maximum Gasteiger partial charge on any atom is 0.237 e. The lowest BCUT2D eigenvalue weighted by molar-refractivity contribution is -0.122. The number of nitrogens with one attached hydrogen (secondary N) is 1. The van der Waals surface area contributed by atoms with Crippen LogP contribution in [0.3, 0.4) is 0 Å². The Kier molecular flexibility index (Phi) is 15.2. The Morgan fingerprint density at radius 1 is 1.33 bits per heavy atom. The minimum absolute atomic E-state index is 0. The summed E-state index contributed by atoms with van der Waals surface area (Å²) in [5, 5.41) is 2.78. The summed E-state index contributed by atoms with van der Waals surface area (Å²) >= 11 is 1.70. The number of carbonyl (C=O) groups excluding carboxylic acids is 1. The number of carbonyl (C=O) groups is 1. The first-order chi connectivity index (χ1) is 8.07. The minimum atomic E-state index is -0.391. The van der Waals surface area contributed by atoms with Crippen molar-refractivity contribution in [1.82, 2.24) is 5.32 Å². The number of hydrogen-bond acceptors (Lipinski definition) is 4. The van der Waals surface area contributed by atoms with Gasteiger partial charge in [-0.05, 0) is 30.8 Å². The molecule has 110 valence electrons. The van der Waals surface area contributed by atoms with Crippen LogP contribution in [0.5, 0.6) is 0 Å². The Morgan fingerprint density at radius 2 is 2.00 bits per heavy atom. The van der Waals surface area contributed by atoms with Crippen molar-refractivity contribution < 1.29 is 9.53 Å². The van der Waals surface area contributed by atoms with Gasteiger partial charge in [-0.3, -0.25) is 4.79 Å². The van der Waals surface area contributed by atoms with Gasteiger partial charge in [-0.1, -0.05) is 13.8 Å². The van der Waals surface area contributed by atoms with Crippen LogP contribution in [0, 0.1) is 5.92 Å². The van der Waals surface area contributed by atoms with E-state index in [0.29, 0.717) is 19.1 Å². The highest BCUT2D eigenvalue weighted by atomic mass is 35.5. The normalized spacial score (nSPS) is 12.1. The molecule has 1 amide bonds. The van der Waals surface area contributed by atoms with Crippen LogP contribution in [0.4, 0.5) is 0 Å². The molecule has 0 radical (unpaired) electrons. The van der Waals surface area contributed by atoms with Crippen molar-refractivity contribution >= 4 is 30.1 Å². The first kappa shape index (κ1) is 20.3. The molecule has 18 heavy (non-hydrogen) atoms. The molecule has 0 saturated carbocycles. The lowest BCUT2D eigenvalue weighted by atomic mass is 10.1. The Balaban J connectivity index is 0. The van der Waals surface area contributed by atoms with Crippen LogP contribution in [0.1, 0.15) is 26.7 Å². The van der Waals surface area contributed by atoms with Gasteiger partial charge < -0.3 is 15.8 Å². The average Bonchev–Trinajstić information content (AvgIpc) is 2.29. The summed E-state index contributed by atoms with van der Waals surface area (Å²) in [6.07, 6.45) is 3.79. The zero-order chi connectivity index (χ0) is 13.1. The molecule has 0 unspecified atom stereocenters. The van der Waals surface area contributed by atoms with Crippen molar-refractivity contribution in [3.05, 3.63) is 0 Å². The second-order valence-corrected chi connectivity index (χ2v) is 5.46. The standard InChI is InChI=1S/C12H26N2O2S.ClH/c1-10(2)4-7-16-8-6-14-12(15)11(13)5-9-17-3;/h10-11H,4-9,13H2,1-3H3,(H,14,15);1H/t11-;/m0./s1. The quantitative estimate of drug-likeness (QED) is 0.602. The van der Waals surface area contributed by atoms with Gasteiger partial charge in [-0.2, -0.15) is 11.8 Å². The smallest absolute Gasteiger partial charge is 0.237 e. The molecule has 0 saturated heterocycles. The van der Waals surface area contributed by atoms with Crippen molar-refractivity contribution in [3.8, 4) is 0 Å². The molecule has 0 aromatic rings. The fourth-order valence-corrected chi connectivity index (χ4v) is 1.66. The predicted octanol–water partition coefficient (Wildman–Crippen LogP) is 1.67. The summed E-state index contributed by atoms with van der Waals surface area (Å²) in [5.74, 6) is 1.50. The van der Waals surface area contributed by atoms with E-state index in [2.05, 4.69) is 19.2 Å². The molecule has 0 aromatic carbocycles. The topological polar surface area (TPSA) is 64.4 Å². The van der Waals surface area contributed by atoms with E-state index in [9.17, 15) is 4.79 Å². The van der Waals surface area contributed by atoms with Crippen LogP contribution >= 0.6 is 24.2 Å². The lowest BCUT2D eigenvalue weighted by Crippen LogP contribution is -2.42. The maximum atomic E-state index is 11.5. The zero-order valence-corrected chi connectivity index (χ0v) is 13.2. The highest BCUT2D eigenvalue weighted by molar-refractivity contribution is 7.98. The number of rotatable bonds is 10. The molecule has 0 bridgehead atoms. The molecule has 0 heterocycles. The van der Waals surface area contributed by atoms with Gasteiger partial charge in [0.1, 0.15) is 0 Å². The van der Waals surface area contributed by atoms with E-state index in [4.69, 9.17) is 10.5 Å². The Morgan fingerprint density at radius 3 is 2.56 bits per heavy atom. The third-order valence-corrected chi connectivity index (χ3v) is 3.00. The van der Waals surface area contributed by atoms with Gasteiger partial charge in [0.15, 0.2) is 0 Å². The van der Waals surface area contributed by atoms with Crippen LogP contribution in [-0.2, 0) is 9.53 Å². The summed E-state index contributed by atoms with van der Waals surface area (Å²) in [5.41, 5.74) is 5.72. The Bertz CT molecular complexity index is 207. The van der Waals surface area contributed by atoms with Crippen molar-refractivity contribution in [2.24, 2.45) is 11.7 Å². The van der Waals surface area contributed by atoms with E-state index in [1.807, 2.05) is 6.26 Å². The molecule has 0 aliphatic carbocycles. The largest absolute Gasteiger partial charge is 0.380 e. The van der Waals surface area contributed by atoms with E-state index in [-0.39, 0.29) is 18.3 Å². The number of thioether (sulfide) groups is 1. The molecular formula is C12H27ClN2O2S. The number of amides is 1. The Hall–Kier alpha value is 0.0300. The highest BCUT2D eigenvalue weighted by Gasteiger charge is 2.11. The summed E-state index contributed by atoms with van der Waals surface area (Å²) in [6, 6.07) is -0.391. The fraction of sp³-hybridized carbons (Fsp3) is 0.917. The van der Waals surface area contributed by atoms with Crippen molar-refractivity contribution in [3.63, 3.8) is 0 Å². The van der Waals surface area contributed by atoms with Crippen molar-refractivity contribution in [2.75, 3.05) is 31.8 Å². The fourth-order valence-electron chi connectivity index (χ4n) is 1.17. The van der Waals surface area contributed by atoms with Gasteiger partial charge >= 0.3 is 0 Å². The first-order valence-electron chi connectivity index (χ1n) is 6.18. The summed E-state index contributed by atoms with van der Waals surface area (Å²) in [4.78, 5) is 11.5. The van der Waals surface area contributed by atoms with Crippen LogP contribution in [0.15, 0.2) is 0 Å². The molecule has 0 spiro atoms. The molecule has 6 heteroatoms. The lowest BCUT2D eigenvalue weighted by Gasteiger charge is -2.12. The predicted molar refractivity (Wildman–Crippen MR) is 81.5 cm³/mol. The highest BCUT2D eigenvalue weighted by Crippen LogP contribution is 1.99. The van der Waals surface area contributed by atoms with Crippen LogP contribution < -0.4 is 11.1 Å². The van der Waals surface area contributed by atoms with Gasteiger partial charge in [0.2, 0.25) is 5.91 Å².